The van der Waals surface area contributed by atoms with Crippen LogP contribution in [-0.2, 0) is 4.79 Å². The Morgan fingerprint density at radius 3 is 2.55 bits per heavy atom. The van der Waals surface area contributed by atoms with Crippen LogP contribution in [0.25, 0.3) is 0 Å². The van der Waals surface area contributed by atoms with Gasteiger partial charge in [-0.3, -0.25) is 4.90 Å². The molecule has 0 radical (unpaired) electrons. The van der Waals surface area contributed by atoms with Gasteiger partial charge in [0.25, 0.3) is 0 Å². The highest BCUT2D eigenvalue weighted by Gasteiger charge is 2.41. The number of hydrogen-bond acceptors (Lipinski definition) is 4. The predicted molar refractivity (Wildman–Crippen MR) is 72.4 cm³/mol. The number of nitrogens with zero attached hydrogens (tertiary/aromatic N) is 3. The minimum atomic E-state index is -1.05. The topological polar surface area (TPSA) is 84.3 Å². The summed E-state index contributed by atoms with van der Waals surface area (Å²) < 4.78 is 0. The van der Waals surface area contributed by atoms with Crippen LogP contribution in [-0.4, -0.2) is 88.3 Å². The molecule has 2 N–H and O–H groups in total. The van der Waals surface area contributed by atoms with Crippen molar-refractivity contribution < 1.29 is 19.8 Å². The highest BCUT2D eigenvalue weighted by Crippen LogP contribution is 2.21. The average molecular weight is 285 g/mol. The lowest BCUT2D eigenvalue weighted by Crippen LogP contribution is -2.57. The summed E-state index contributed by atoms with van der Waals surface area (Å²) >= 11 is 0. The van der Waals surface area contributed by atoms with Crippen LogP contribution in [0.2, 0.25) is 0 Å². The van der Waals surface area contributed by atoms with Gasteiger partial charge in [-0.25, -0.2) is 9.59 Å². The van der Waals surface area contributed by atoms with Crippen molar-refractivity contribution in [2.24, 2.45) is 0 Å². The Balaban J connectivity index is 2.05. The van der Waals surface area contributed by atoms with Gasteiger partial charge in [-0.1, -0.05) is 6.92 Å². The second-order valence-electron chi connectivity index (χ2n) is 5.67. The third-order valence-corrected chi connectivity index (χ3v) is 4.33. The summed E-state index contributed by atoms with van der Waals surface area (Å²) in [4.78, 5) is 28.9. The number of carboxylic acids is 1. The van der Waals surface area contributed by atoms with E-state index in [0.717, 1.165) is 13.0 Å². The van der Waals surface area contributed by atoms with Crippen molar-refractivity contribution in [3.63, 3.8) is 0 Å². The number of likely N-dealkylation sites (N-methyl/N-ethyl adjacent to an activating group) is 1. The number of carboxylic acid groups (broad SMARTS) is 1. The lowest BCUT2D eigenvalue weighted by molar-refractivity contribution is -0.141. The van der Waals surface area contributed by atoms with Crippen molar-refractivity contribution >= 4 is 12.0 Å². The number of rotatable bonds is 2. The maximum absolute atomic E-state index is 12.5. The van der Waals surface area contributed by atoms with Crippen LogP contribution in [0.5, 0.6) is 0 Å². The number of piperazine rings is 1. The summed E-state index contributed by atoms with van der Waals surface area (Å²) in [6.07, 6.45) is 0.326. The number of amides is 2. The minimum Gasteiger partial charge on any atom is -0.480 e. The first-order chi connectivity index (χ1) is 9.43. The molecular formula is C13H23N3O4. The first kappa shape index (κ1) is 15.1. The monoisotopic (exact) mass is 285 g/mol. The third-order valence-electron chi connectivity index (χ3n) is 4.33. The summed E-state index contributed by atoms with van der Waals surface area (Å²) in [7, 11) is 2.04. The molecule has 2 aliphatic rings. The molecule has 0 aromatic rings. The lowest BCUT2D eigenvalue weighted by Gasteiger charge is -2.41. The Bertz CT molecular complexity index is 390. The van der Waals surface area contributed by atoms with Gasteiger partial charge in [0.1, 0.15) is 6.04 Å². The van der Waals surface area contributed by atoms with Crippen LogP contribution in [0.3, 0.4) is 0 Å². The summed E-state index contributed by atoms with van der Waals surface area (Å²) in [6.45, 7) is 4.20. The Labute approximate surface area is 118 Å². The van der Waals surface area contributed by atoms with E-state index in [4.69, 9.17) is 5.11 Å². The molecule has 2 fully saturated rings. The molecule has 7 nitrogen and oxygen atoms in total. The van der Waals surface area contributed by atoms with E-state index in [1.54, 1.807) is 4.90 Å². The van der Waals surface area contributed by atoms with Gasteiger partial charge < -0.3 is 20.0 Å². The molecule has 0 saturated carbocycles. The first-order valence-corrected chi connectivity index (χ1v) is 7.10. The SMILES string of the molecule is CCC1CN(C(=O)N2CC(O)C[C@H]2C(=O)O)CCN1C. The minimum absolute atomic E-state index is 0.110. The standard InChI is InChI=1S/C13H23N3O4/c1-3-9-7-15(5-4-14(9)2)13(20)16-8-10(17)6-11(16)12(18)19/h9-11,17H,3-8H2,1-2H3,(H,18,19)/t9?,10?,11-/m0/s1. The van der Waals surface area contributed by atoms with Gasteiger partial charge in [0.2, 0.25) is 0 Å². The number of β-amino-alcohol motifs (C(OH)–C–C–N with tert-alkyl or cyclic N) is 1. The number of likely N-dealkylation sites (tertiary alicyclic amines) is 1. The van der Waals surface area contributed by atoms with Gasteiger partial charge in [-0.05, 0) is 13.5 Å². The van der Waals surface area contributed by atoms with E-state index in [0.29, 0.717) is 19.1 Å². The summed E-state index contributed by atoms with van der Waals surface area (Å²) in [5.41, 5.74) is 0. The first-order valence-electron chi connectivity index (χ1n) is 7.10. The number of aliphatic hydroxyl groups excluding tert-OH is 1. The summed E-state index contributed by atoms with van der Waals surface area (Å²) in [5.74, 6) is -1.05. The van der Waals surface area contributed by atoms with E-state index in [1.165, 1.54) is 4.90 Å². The molecule has 2 rings (SSSR count). The molecule has 20 heavy (non-hydrogen) atoms. The van der Waals surface area contributed by atoms with E-state index in [2.05, 4.69) is 11.8 Å². The van der Waals surface area contributed by atoms with Crippen LogP contribution < -0.4 is 0 Å². The van der Waals surface area contributed by atoms with Crippen molar-refractivity contribution in [2.45, 2.75) is 38.0 Å². The van der Waals surface area contributed by atoms with Crippen molar-refractivity contribution in [3.05, 3.63) is 0 Å². The van der Waals surface area contributed by atoms with Crippen molar-refractivity contribution in [1.82, 2.24) is 14.7 Å². The van der Waals surface area contributed by atoms with Crippen LogP contribution in [0.15, 0.2) is 0 Å². The third kappa shape index (κ3) is 2.88. The molecule has 0 aromatic carbocycles. The molecule has 0 aromatic heterocycles. The lowest BCUT2D eigenvalue weighted by atomic mass is 10.1. The number of carbonyl (C=O) groups excluding carboxylic acids is 1. The molecule has 3 atom stereocenters. The molecule has 0 bridgehead atoms. The maximum Gasteiger partial charge on any atom is 0.326 e. The molecular weight excluding hydrogens is 262 g/mol. The van der Waals surface area contributed by atoms with E-state index in [9.17, 15) is 14.7 Å². The van der Waals surface area contributed by atoms with Crippen LogP contribution >= 0.6 is 0 Å². The fourth-order valence-electron chi connectivity index (χ4n) is 3.00. The van der Waals surface area contributed by atoms with Gasteiger partial charge in [-0.2, -0.15) is 0 Å². The summed E-state index contributed by atoms with van der Waals surface area (Å²) in [6, 6.07) is -0.860. The fourth-order valence-corrected chi connectivity index (χ4v) is 3.00. The zero-order valence-corrected chi connectivity index (χ0v) is 12.0. The van der Waals surface area contributed by atoms with Gasteiger partial charge in [0.15, 0.2) is 0 Å². The van der Waals surface area contributed by atoms with Crippen LogP contribution in [0, 0.1) is 0 Å². The quantitative estimate of drug-likeness (QED) is 0.724. The van der Waals surface area contributed by atoms with Gasteiger partial charge in [-0.15, -0.1) is 0 Å². The molecule has 2 aliphatic heterocycles. The predicted octanol–water partition coefficient (Wildman–Crippen LogP) is -0.348. The van der Waals surface area contributed by atoms with Crippen molar-refractivity contribution in [3.8, 4) is 0 Å². The zero-order chi connectivity index (χ0) is 14.9. The molecule has 7 heteroatoms. The van der Waals surface area contributed by atoms with E-state index in [-0.39, 0.29) is 19.0 Å². The number of aliphatic hydroxyl groups is 1. The Hall–Kier alpha value is -1.34. The number of urea groups is 1. The van der Waals surface area contributed by atoms with Gasteiger partial charge in [0.05, 0.1) is 6.10 Å². The molecule has 0 aliphatic carbocycles. The fraction of sp³-hybridized carbons (Fsp3) is 0.846. The Morgan fingerprint density at radius 1 is 1.25 bits per heavy atom. The molecule has 2 amide bonds. The van der Waals surface area contributed by atoms with E-state index in [1.807, 2.05) is 7.05 Å². The van der Waals surface area contributed by atoms with E-state index >= 15 is 0 Å². The highest BCUT2D eigenvalue weighted by atomic mass is 16.4. The molecule has 0 spiro atoms. The van der Waals surface area contributed by atoms with Crippen LogP contribution in [0.4, 0.5) is 4.79 Å². The normalized spacial score (nSPS) is 31.6. The molecule has 114 valence electrons. The second-order valence-corrected chi connectivity index (χ2v) is 5.67. The van der Waals surface area contributed by atoms with Gasteiger partial charge >= 0.3 is 12.0 Å². The molecule has 2 unspecified atom stereocenters. The van der Waals surface area contributed by atoms with E-state index < -0.39 is 18.1 Å². The molecule has 2 saturated heterocycles. The second kappa shape index (κ2) is 5.97. The summed E-state index contributed by atoms with van der Waals surface area (Å²) in [5, 5.41) is 18.8. The largest absolute Gasteiger partial charge is 0.480 e. The van der Waals surface area contributed by atoms with Crippen LogP contribution in [0.1, 0.15) is 19.8 Å². The average Bonchev–Trinajstić information content (AvgIpc) is 2.81. The number of aliphatic carboxylic acids is 1. The van der Waals surface area contributed by atoms with Crippen molar-refractivity contribution in [1.29, 1.82) is 0 Å². The Morgan fingerprint density at radius 2 is 1.95 bits per heavy atom. The maximum atomic E-state index is 12.5. The zero-order valence-electron chi connectivity index (χ0n) is 12.0. The highest BCUT2D eigenvalue weighted by molar-refractivity contribution is 5.83. The Kier molecular flexibility index (Phi) is 4.49. The number of carbonyl (C=O) groups is 2. The van der Waals surface area contributed by atoms with Crippen molar-refractivity contribution in [2.75, 3.05) is 33.2 Å². The van der Waals surface area contributed by atoms with Gasteiger partial charge in [0, 0.05) is 38.6 Å². The smallest absolute Gasteiger partial charge is 0.326 e. The molecule has 2 heterocycles. The number of hydrogen-bond donors (Lipinski definition) is 2.